The van der Waals surface area contributed by atoms with Gasteiger partial charge in [0.2, 0.25) is 0 Å². The van der Waals surface area contributed by atoms with Crippen LogP contribution in [0.3, 0.4) is 0 Å². The van der Waals surface area contributed by atoms with Gasteiger partial charge >= 0.3 is 0 Å². The first-order chi connectivity index (χ1) is 7.25. The maximum atomic E-state index is 4.28. The fourth-order valence-corrected chi connectivity index (χ4v) is 1.83. The summed E-state index contributed by atoms with van der Waals surface area (Å²) in [5, 5.41) is 3.21. The van der Waals surface area contributed by atoms with Gasteiger partial charge in [-0.25, -0.2) is 9.97 Å². The molecule has 2 aromatic rings. The van der Waals surface area contributed by atoms with Gasteiger partial charge in [0.15, 0.2) is 0 Å². The highest BCUT2D eigenvalue weighted by Crippen LogP contribution is 2.20. The Labute approximate surface area is 96.3 Å². The Kier molecular flexibility index (Phi) is 3.01. The summed E-state index contributed by atoms with van der Waals surface area (Å²) in [4.78, 5) is 11.2. The summed E-state index contributed by atoms with van der Waals surface area (Å²) in [6.07, 6.45) is 5.28. The first kappa shape index (κ1) is 10.2. The Balaban J connectivity index is 2.05. The number of rotatable bonds is 3. The van der Waals surface area contributed by atoms with Crippen molar-refractivity contribution in [2.24, 2.45) is 0 Å². The molecule has 0 fully saturated rings. The molecule has 0 amide bonds. The fourth-order valence-electron chi connectivity index (χ4n) is 1.22. The second-order valence-corrected chi connectivity index (χ2v) is 4.13. The van der Waals surface area contributed by atoms with Crippen LogP contribution in [0.4, 0.5) is 5.82 Å². The van der Waals surface area contributed by atoms with Crippen LogP contribution < -0.4 is 5.32 Å². The molecule has 0 saturated carbocycles. The summed E-state index contributed by atoms with van der Waals surface area (Å²) < 4.78 is 0.974. The van der Waals surface area contributed by atoms with E-state index in [-0.39, 0.29) is 0 Å². The van der Waals surface area contributed by atoms with Crippen LogP contribution in [0.2, 0.25) is 0 Å². The van der Waals surface area contributed by atoms with Crippen LogP contribution in [-0.4, -0.2) is 15.0 Å². The Bertz CT molecular complexity index is 439. The standard InChI is InChI=1S/C10H11BrN4/c1-7-2-9(11)10(13-3-7)14-5-8-4-12-6-15-8/h2-4,6H,5H2,1H3,(H,12,15)(H,13,14). The van der Waals surface area contributed by atoms with Crippen molar-refractivity contribution in [3.05, 3.63) is 40.5 Å². The van der Waals surface area contributed by atoms with Crippen molar-refractivity contribution in [3.63, 3.8) is 0 Å². The van der Waals surface area contributed by atoms with E-state index < -0.39 is 0 Å². The Hall–Kier alpha value is -1.36. The lowest BCUT2D eigenvalue weighted by Crippen LogP contribution is -2.02. The minimum Gasteiger partial charge on any atom is -0.364 e. The number of H-pyrrole nitrogens is 1. The van der Waals surface area contributed by atoms with Crippen molar-refractivity contribution >= 4 is 21.7 Å². The number of anilines is 1. The van der Waals surface area contributed by atoms with Gasteiger partial charge in [-0.2, -0.15) is 0 Å². The molecule has 0 unspecified atom stereocenters. The number of hydrogen-bond acceptors (Lipinski definition) is 3. The van der Waals surface area contributed by atoms with E-state index in [0.717, 1.165) is 21.5 Å². The van der Waals surface area contributed by atoms with Gasteiger partial charge in [0.05, 0.1) is 23.0 Å². The van der Waals surface area contributed by atoms with Gasteiger partial charge in [0.1, 0.15) is 5.82 Å². The van der Waals surface area contributed by atoms with Gasteiger partial charge < -0.3 is 10.3 Å². The molecule has 0 aliphatic rings. The second-order valence-electron chi connectivity index (χ2n) is 3.27. The summed E-state index contributed by atoms with van der Waals surface area (Å²) in [6.45, 7) is 2.70. The monoisotopic (exact) mass is 266 g/mol. The van der Waals surface area contributed by atoms with Gasteiger partial charge in [-0.15, -0.1) is 0 Å². The van der Waals surface area contributed by atoms with Crippen LogP contribution in [0, 0.1) is 6.92 Å². The van der Waals surface area contributed by atoms with Gasteiger partial charge in [-0.1, -0.05) is 0 Å². The molecule has 5 heteroatoms. The Morgan fingerprint density at radius 3 is 3.00 bits per heavy atom. The summed E-state index contributed by atoms with van der Waals surface area (Å²) in [5.74, 6) is 0.843. The summed E-state index contributed by atoms with van der Waals surface area (Å²) >= 11 is 3.46. The van der Waals surface area contributed by atoms with E-state index in [2.05, 4.69) is 36.2 Å². The van der Waals surface area contributed by atoms with E-state index in [9.17, 15) is 0 Å². The largest absolute Gasteiger partial charge is 0.364 e. The van der Waals surface area contributed by atoms with Crippen molar-refractivity contribution in [3.8, 4) is 0 Å². The van der Waals surface area contributed by atoms with E-state index in [1.165, 1.54) is 0 Å². The molecular formula is C10H11BrN4. The number of nitrogens with one attached hydrogen (secondary N) is 2. The fraction of sp³-hybridized carbons (Fsp3) is 0.200. The number of aromatic amines is 1. The van der Waals surface area contributed by atoms with E-state index in [1.54, 1.807) is 12.5 Å². The predicted octanol–water partition coefficient (Wildman–Crippen LogP) is 2.49. The van der Waals surface area contributed by atoms with Crippen molar-refractivity contribution in [1.29, 1.82) is 0 Å². The third kappa shape index (κ3) is 2.56. The normalized spacial score (nSPS) is 10.3. The van der Waals surface area contributed by atoms with E-state index in [0.29, 0.717) is 6.54 Å². The van der Waals surface area contributed by atoms with Crippen molar-refractivity contribution in [2.45, 2.75) is 13.5 Å². The molecule has 0 aliphatic heterocycles. The molecule has 2 heterocycles. The molecule has 4 nitrogen and oxygen atoms in total. The van der Waals surface area contributed by atoms with E-state index >= 15 is 0 Å². The summed E-state index contributed by atoms with van der Waals surface area (Å²) in [7, 11) is 0. The Morgan fingerprint density at radius 1 is 1.47 bits per heavy atom. The molecule has 15 heavy (non-hydrogen) atoms. The van der Waals surface area contributed by atoms with Crippen molar-refractivity contribution < 1.29 is 0 Å². The molecule has 0 spiro atoms. The SMILES string of the molecule is Cc1cnc(NCc2cnc[nH]2)c(Br)c1. The third-order valence-electron chi connectivity index (χ3n) is 1.98. The predicted molar refractivity (Wildman–Crippen MR) is 62.6 cm³/mol. The summed E-state index contributed by atoms with van der Waals surface area (Å²) in [5.41, 5.74) is 2.17. The first-order valence-electron chi connectivity index (χ1n) is 4.59. The molecule has 0 aromatic carbocycles. The topological polar surface area (TPSA) is 53.6 Å². The molecule has 0 bridgehead atoms. The van der Waals surface area contributed by atoms with Crippen LogP contribution in [0.15, 0.2) is 29.3 Å². The van der Waals surface area contributed by atoms with Gasteiger partial charge in [-0.05, 0) is 34.5 Å². The van der Waals surface area contributed by atoms with E-state index in [4.69, 9.17) is 0 Å². The zero-order valence-electron chi connectivity index (χ0n) is 8.29. The molecule has 0 saturated heterocycles. The number of halogens is 1. The van der Waals surface area contributed by atoms with Crippen LogP contribution in [0.1, 0.15) is 11.3 Å². The molecule has 0 atom stereocenters. The lowest BCUT2D eigenvalue weighted by Gasteiger charge is -2.06. The van der Waals surface area contributed by atoms with Gasteiger partial charge in [0, 0.05) is 12.4 Å². The zero-order chi connectivity index (χ0) is 10.7. The highest BCUT2D eigenvalue weighted by molar-refractivity contribution is 9.10. The Morgan fingerprint density at radius 2 is 2.33 bits per heavy atom. The number of pyridine rings is 1. The number of aryl methyl sites for hydroxylation is 1. The maximum Gasteiger partial charge on any atom is 0.140 e. The van der Waals surface area contributed by atoms with Crippen LogP contribution in [-0.2, 0) is 6.54 Å². The second kappa shape index (κ2) is 4.44. The lowest BCUT2D eigenvalue weighted by molar-refractivity contribution is 1.05. The van der Waals surface area contributed by atoms with Crippen molar-refractivity contribution in [1.82, 2.24) is 15.0 Å². The molecule has 2 N–H and O–H groups in total. The number of imidazole rings is 1. The van der Waals surface area contributed by atoms with Crippen LogP contribution >= 0.6 is 15.9 Å². The average molecular weight is 267 g/mol. The quantitative estimate of drug-likeness (QED) is 0.898. The molecule has 0 aliphatic carbocycles. The molecule has 2 rings (SSSR count). The molecule has 2 aromatic heterocycles. The number of hydrogen-bond donors (Lipinski definition) is 2. The van der Waals surface area contributed by atoms with Gasteiger partial charge in [0.25, 0.3) is 0 Å². The molecule has 0 radical (unpaired) electrons. The zero-order valence-corrected chi connectivity index (χ0v) is 9.87. The third-order valence-corrected chi connectivity index (χ3v) is 2.58. The highest BCUT2D eigenvalue weighted by Gasteiger charge is 2.01. The molecule has 78 valence electrons. The number of nitrogens with zero attached hydrogens (tertiary/aromatic N) is 2. The maximum absolute atomic E-state index is 4.28. The first-order valence-corrected chi connectivity index (χ1v) is 5.38. The van der Waals surface area contributed by atoms with Gasteiger partial charge in [-0.3, -0.25) is 0 Å². The van der Waals surface area contributed by atoms with Crippen LogP contribution in [0.25, 0.3) is 0 Å². The average Bonchev–Trinajstić information content (AvgIpc) is 2.69. The van der Waals surface area contributed by atoms with E-state index in [1.807, 2.05) is 19.2 Å². The smallest absolute Gasteiger partial charge is 0.140 e. The lowest BCUT2D eigenvalue weighted by atomic mass is 10.3. The minimum atomic E-state index is 0.689. The van der Waals surface area contributed by atoms with Crippen molar-refractivity contribution in [2.75, 3.05) is 5.32 Å². The summed E-state index contributed by atoms with van der Waals surface area (Å²) in [6, 6.07) is 2.03. The highest BCUT2D eigenvalue weighted by atomic mass is 79.9. The number of aromatic nitrogens is 3. The minimum absolute atomic E-state index is 0.689. The van der Waals surface area contributed by atoms with Crippen LogP contribution in [0.5, 0.6) is 0 Å². The molecular weight excluding hydrogens is 256 g/mol.